The Morgan fingerprint density at radius 2 is 2.06 bits per heavy atom. The van der Waals surface area contributed by atoms with E-state index in [-0.39, 0.29) is 17.2 Å². The third kappa shape index (κ3) is 3.88. The lowest BCUT2D eigenvalue weighted by Gasteiger charge is -2.31. The topological polar surface area (TPSA) is 102 Å². The summed E-state index contributed by atoms with van der Waals surface area (Å²) in [5, 5.41) is 14.9. The van der Waals surface area contributed by atoms with Gasteiger partial charge in [-0.05, 0) is 49.6 Å². The van der Waals surface area contributed by atoms with Crippen LogP contribution in [0.4, 0.5) is 11.5 Å². The van der Waals surface area contributed by atoms with Gasteiger partial charge in [-0.1, -0.05) is 12.1 Å². The normalized spacial score (nSPS) is 16.7. The van der Waals surface area contributed by atoms with Crippen LogP contribution in [0.2, 0.25) is 0 Å². The highest BCUT2D eigenvalue weighted by Gasteiger charge is 2.27. The summed E-state index contributed by atoms with van der Waals surface area (Å²) in [6, 6.07) is 10.1. The largest absolute Gasteiger partial charge is 0.478 e. The molecule has 34 heavy (non-hydrogen) atoms. The SMILES string of the molecule is Cc1cc(C(C)Nc2ccccc2C(=O)O)c2nc(N3CCC4=C(C3)N(C)NC4)cc(=O)n2c1. The number of nitrogens with one attached hydrogen (secondary N) is 2. The first kappa shape index (κ1) is 22.0. The van der Waals surface area contributed by atoms with Gasteiger partial charge in [-0.15, -0.1) is 0 Å². The van der Waals surface area contributed by atoms with Gasteiger partial charge in [0.1, 0.15) is 11.5 Å². The average Bonchev–Trinajstić information content (AvgIpc) is 3.19. The molecule has 1 unspecified atom stereocenters. The molecular weight excluding hydrogens is 432 g/mol. The fourth-order valence-electron chi connectivity index (χ4n) is 4.77. The van der Waals surface area contributed by atoms with Crippen molar-refractivity contribution in [2.45, 2.75) is 26.3 Å². The zero-order valence-corrected chi connectivity index (χ0v) is 19.5. The molecule has 2 aliphatic rings. The van der Waals surface area contributed by atoms with Crippen molar-refractivity contribution in [2.75, 3.05) is 36.9 Å². The maximum atomic E-state index is 13.1. The average molecular weight is 461 g/mol. The van der Waals surface area contributed by atoms with Crippen molar-refractivity contribution in [2.24, 2.45) is 0 Å². The Labute approximate surface area is 197 Å². The van der Waals surface area contributed by atoms with Gasteiger partial charge in [-0.3, -0.25) is 9.20 Å². The summed E-state index contributed by atoms with van der Waals surface area (Å²) in [6.07, 6.45) is 2.72. The van der Waals surface area contributed by atoms with Gasteiger partial charge in [0, 0.05) is 49.3 Å². The highest BCUT2D eigenvalue weighted by atomic mass is 16.4. The number of anilines is 2. The van der Waals surface area contributed by atoms with E-state index < -0.39 is 5.97 Å². The molecule has 2 aromatic heterocycles. The van der Waals surface area contributed by atoms with Crippen LogP contribution < -0.4 is 21.2 Å². The molecule has 0 amide bonds. The highest BCUT2D eigenvalue weighted by molar-refractivity contribution is 5.94. The number of carboxylic acid groups (broad SMARTS) is 1. The highest BCUT2D eigenvalue weighted by Crippen LogP contribution is 2.29. The van der Waals surface area contributed by atoms with E-state index >= 15 is 0 Å². The number of aromatic nitrogens is 2. The van der Waals surface area contributed by atoms with Crippen LogP contribution in [0.5, 0.6) is 0 Å². The van der Waals surface area contributed by atoms with Gasteiger partial charge in [0.15, 0.2) is 0 Å². The van der Waals surface area contributed by atoms with Crippen molar-refractivity contribution in [3.05, 3.63) is 80.9 Å². The van der Waals surface area contributed by atoms with E-state index in [4.69, 9.17) is 4.98 Å². The zero-order valence-electron chi connectivity index (χ0n) is 19.5. The van der Waals surface area contributed by atoms with Crippen molar-refractivity contribution < 1.29 is 9.90 Å². The Kier molecular flexibility index (Phi) is 5.49. The summed E-state index contributed by atoms with van der Waals surface area (Å²) in [5.41, 5.74) is 8.88. The number of hydrogen-bond acceptors (Lipinski definition) is 7. The van der Waals surface area contributed by atoms with Gasteiger partial charge < -0.3 is 20.3 Å². The Morgan fingerprint density at radius 1 is 1.26 bits per heavy atom. The van der Waals surface area contributed by atoms with Crippen molar-refractivity contribution in [1.82, 2.24) is 19.8 Å². The second-order valence-electron chi connectivity index (χ2n) is 8.95. The number of pyridine rings is 1. The number of benzene rings is 1. The lowest BCUT2D eigenvalue weighted by atomic mass is 10.1. The van der Waals surface area contributed by atoms with Crippen LogP contribution in [0.15, 0.2) is 58.7 Å². The van der Waals surface area contributed by atoms with Crippen molar-refractivity contribution in [3.8, 4) is 0 Å². The Bertz CT molecular complexity index is 1380. The van der Waals surface area contributed by atoms with E-state index in [0.29, 0.717) is 23.7 Å². The third-order valence-electron chi connectivity index (χ3n) is 6.60. The van der Waals surface area contributed by atoms with Crippen molar-refractivity contribution in [3.63, 3.8) is 0 Å². The molecule has 4 heterocycles. The monoisotopic (exact) mass is 460 g/mol. The van der Waals surface area contributed by atoms with E-state index in [9.17, 15) is 14.7 Å². The Balaban J connectivity index is 1.54. The van der Waals surface area contributed by atoms with E-state index in [0.717, 1.165) is 30.6 Å². The molecule has 5 rings (SSSR count). The molecule has 9 nitrogen and oxygen atoms in total. The maximum absolute atomic E-state index is 13.1. The second-order valence-corrected chi connectivity index (χ2v) is 8.95. The summed E-state index contributed by atoms with van der Waals surface area (Å²) < 4.78 is 1.58. The number of fused-ring (bicyclic) bond motifs is 1. The molecule has 0 spiro atoms. The number of aryl methyl sites for hydroxylation is 1. The molecule has 3 N–H and O–H groups in total. The number of carbonyl (C=O) groups is 1. The number of rotatable bonds is 5. The first-order valence-electron chi connectivity index (χ1n) is 11.4. The molecular formula is C25H28N6O3. The van der Waals surface area contributed by atoms with Crippen LogP contribution in [0.1, 0.15) is 40.9 Å². The van der Waals surface area contributed by atoms with E-state index in [1.165, 1.54) is 11.3 Å². The summed E-state index contributed by atoms with van der Waals surface area (Å²) in [5.74, 6) is -0.341. The molecule has 0 saturated carbocycles. The van der Waals surface area contributed by atoms with Crippen LogP contribution in [0.3, 0.4) is 0 Å². The zero-order chi connectivity index (χ0) is 24.0. The molecule has 0 aliphatic carbocycles. The van der Waals surface area contributed by atoms with Gasteiger partial charge >= 0.3 is 5.97 Å². The van der Waals surface area contributed by atoms with Crippen molar-refractivity contribution >= 4 is 23.1 Å². The minimum Gasteiger partial charge on any atom is -0.478 e. The van der Waals surface area contributed by atoms with Crippen LogP contribution in [-0.2, 0) is 0 Å². The van der Waals surface area contributed by atoms with Gasteiger partial charge in [-0.2, -0.15) is 0 Å². The summed E-state index contributed by atoms with van der Waals surface area (Å²) in [4.78, 5) is 31.9. The fraction of sp³-hybridized carbons (Fsp3) is 0.320. The second kappa shape index (κ2) is 8.49. The number of para-hydroxylation sites is 1. The molecule has 2 aliphatic heterocycles. The number of likely N-dealkylation sites (N-methyl/N-ethyl adjacent to an activating group) is 1. The lowest BCUT2D eigenvalue weighted by molar-refractivity contribution is 0.0698. The number of aromatic carboxylic acids is 1. The number of nitrogens with zero attached hydrogens (tertiary/aromatic N) is 4. The maximum Gasteiger partial charge on any atom is 0.337 e. The Hall–Kier alpha value is -3.85. The molecule has 1 atom stereocenters. The van der Waals surface area contributed by atoms with Gasteiger partial charge in [0.2, 0.25) is 0 Å². The fourth-order valence-corrected chi connectivity index (χ4v) is 4.77. The Morgan fingerprint density at radius 3 is 2.85 bits per heavy atom. The van der Waals surface area contributed by atoms with Gasteiger partial charge in [0.05, 0.1) is 18.2 Å². The van der Waals surface area contributed by atoms with E-state index in [2.05, 4.69) is 20.7 Å². The molecule has 0 saturated heterocycles. The molecule has 9 heteroatoms. The standard InChI is InChI=1S/C25H28N6O3/c1-15-10-19(16(2)27-20-7-5-4-6-18(20)25(33)34)24-28-22(11-23(32)31(24)13-15)30-9-8-17-12-26-29(3)21(17)14-30/h4-7,10-11,13,16,26-27H,8-9,12,14H2,1-3H3,(H,33,34). The predicted octanol–water partition coefficient (Wildman–Crippen LogP) is 2.79. The molecule has 0 radical (unpaired) electrons. The molecule has 176 valence electrons. The summed E-state index contributed by atoms with van der Waals surface area (Å²) >= 11 is 0. The van der Waals surface area contributed by atoms with Crippen LogP contribution in [-0.4, -0.2) is 52.2 Å². The summed E-state index contributed by atoms with van der Waals surface area (Å²) in [7, 11) is 2.01. The smallest absolute Gasteiger partial charge is 0.337 e. The quantitative estimate of drug-likeness (QED) is 0.534. The lowest BCUT2D eigenvalue weighted by Crippen LogP contribution is -2.37. The van der Waals surface area contributed by atoms with Gasteiger partial charge in [0.25, 0.3) is 5.56 Å². The molecule has 3 aromatic rings. The predicted molar refractivity (Wildman–Crippen MR) is 131 cm³/mol. The van der Waals surface area contributed by atoms with Gasteiger partial charge in [-0.25, -0.2) is 15.2 Å². The minimum absolute atomic E-state index is 0.138. The first-order valence-corrected chi connectivity index (χ1v) is 11.4. The molecule has 0 fully saturated rings. The van der Waals surface area contributed by atoms with Crippen LogP contribution >= 0.6 is 0 Å². The summed E-state index contributed by atoms with van der Waals surface area (Å²) in [6.45, 7) is 6.25. The number of hydrogen-bond donors (Lipinski definition) is 3. The first-order chi connectivity index (χ1) is 16.3. The number of hydrazine groups is 1. The molecule has 0 bridgehead atoms. The molecule has 1 aromatic carbocycles. The minimum atomic E-state index is -0.994. The van der Waals surface area contributed by atoms with Crippen LogP contribution in [0, 0.1) is 6.92 Å². The number of carboxylic acids is 1. The van der Waals surface area contributed by atoms with E-state index in [1.54, 1.807) is 40.9 Å². The van der Waals surface area contributed by atoms with Crippen LogP contribution in [0.25, 0.3) is 5.65 Å². The third-order valence-corrected chi connectivity index (χ3v) is 6.60. The van der Waals surface area contributed by atoms with E-state index in [1.807, 2.05) is 27.0 Å². The van der Waals surface area contributed by atoms with Crippen molar-refractivity contribution in [1.29, 1.82) is 0 Å².